The van der Waals surface area contributed by atoms with Crippen molar-refractivity contribution in [1.29, 1.82) is 0 Å². The van der Waals surface area contributed by atoms with Crippen molar-refractivity contribution < 1.29 is 4.74 Å². The lowest BCUT2D eigenvalue weighted by Gasteiger charge is -2.14. The molecule has 20 heavy (non-hydrogen) atoms. The summed E-state index contributed by atoms with van der Waals surface area (Å²) < 4.78 is 7.54. The van der Waals surface area contributed by atoms with Gasteiger partial charge in [-0.15, -0.1) is 0 Å². The molecule has 0 aliphatic carbocycles. The van der Waals surface area contributed by atoms with Crippen LogP contribution >= 0.6 is 0 Å². The van der Waals surface area contributed by atoms with Crippen molar-refractivity contribution in [2.24, 2.45) is 7.05 Å². The average molecular weight is 271 g/mol. The van der Waals surface area contributed by atoms with Gasteiger partial charge in [0, 0.05) is 19.7 Å². The summed E-state index contributed by atoms with van der Waals surface area (Å²) in [5.41, 5.74) is 3.84. The second-order valence-corrected chi connectivity index (χ2v) is 5.38. The van der Waals surface area contributed by atoms with Crippen molar-refractivity contribution in [3.8, 4) is 5.75 Å². The summed E-state index contributed by atoms with van der Waals surface area (Å²) in [5, 5.41) is 3.35. The Hall–Kier alpha value is -1.81. The van der Waals surface area contributed by atoms with Crippen LogP contribution in [0, 0.1) is 0 Å². The Labute approximate surface area is 119 Å². The Morgan fingerprint density at radius 1 is 1.45 bits per heavy atom. The molecule has 0 saturated carbocycles. The third-order valence-corrected chi connectivity index (χ3v) is 3.91. The molecule has 2 heterocycles. The lowest BCUT2D eigenvalue weighted by atomic mass is 10.0. The second kappa shape index (κ2) is 5.67. The highest BCUT2D eigenvalue weighted by atomic mass is 16.5. The van der Waals surface area contributed by atoms with Gasteiger partial charge in [-0.2, -0.15) is 0 Å². The van der Waals surface area contributed by atoms with Crippen LogP contribution in [0.4, 0.5) is 0 Å². The first kappa shape index (κ1) is 13.2. The van der Waals surface area contributed by atoms with Gasteiger partial charge in [-0.1, -0.05) is 12.1 Å². The number of fused-ring (bicyclic) bond motifs is 1. The van der Waals surface area contributed by atoms with Crippen LogP contribution in [0.2, 0.25) is 0 Å². The van der Waals surface area contributed by atoms with Gasteiger partial charge in [0.05, 0.1) is 24.7 Å². The maximum atomic E-state index is 5.55. The van der Waals surface area contributed by atoms with Crippen LogP contribution in [0.25, 0.3) is 0 Å². The number of aryl methyl sites for hydroxylation is 2. The first-order chi connectivity index (χ1) is 9.76. The number of hydrogen-bond acceptors (Lipinski definition) is 3. The molecule has 4 heteroatoms. The summed E-state index contributed by atoms with van der Waals surface area (Å²) in [6.07, 6.45) is 7.07. The molecule has 0 bridgehead atoms. The van der Waals surface area contributed by atoms with E-state index in [0.717, 1.165) is 37.3 Å². The van der Waals surface area contributed by atoms with Crippen molar-refractivity contribution in [2.45, 2.75) is 25.3 Å². The molecule has 1 aliphatic rings. The Kier molecular flexibility index (Phi) is 3.74. The Balaban J connectivity index is 1.66. The third kappa shape index (κ3) is 2.70. The molecule has 1 N–H and O–H groups in total. The molecule has 4 nitrogen and oxygen atoms in total. The van der Waals surface area contributed by atoms with E-state index >= 15 is 0 Å². The van der Waals surface area contributed by atoms with Crippen LogP contribution in [0.3, 0.4) is 0 Å². The van der Waals surface area contributed by atoms with Crippen LogP contribution in [-0.2, 0) is 19.9 Å². The van der Waals surface area contributed by atoms with Gasteiger partial charge in [-0.3, -0.25) is 0 Å². The molecular formula is C16H21N3O. The lowest BCUT2D eigenvalue weighted by molar-refractivity contribution is 0.357. The first-order valence-corrected chi connectivity index (χ1v) is 7.16. The monoisotopic (exact) mass is 271 g/mol. The number of rotatable bonds is 5. The smallest absolute Gasteiger partial charge is 0.122 e. The number of hydrogen-bond donors (Lipinski definition) is 1. The number of ether oxygens (including phenoxy) is 1. The maximum Gasteiger partial charge on any atom is 0.122 e. The molecule has 0 radical (unpaired) electrons. The predicted molar refractivity (Wildman–Crippen MR) is 79.0 cm³/mol. The predicted octanol–water partition coefficient (Wildman–Crippen LogP) is 2.25. The zero-order chi connectivity index (χ0) is 13.9. The Morgan fingerprint density at radius 2 is 2.35 bits per heavy atom. The number of nitrogens with zero attached hydrogens (tertiary/aromatic N) is 2. The molecule has 1 atom stereocenters. The van der Waals surface area contributed by atoms with Crippen LogP contribution < -0.4 is 10.1 Å². The molecule has 0 fully saturated rings. The average Bonchev–Trinajstić information content (AvgIpc) is 3.08. The number of aromatic nitrogens is 2. The van der Waals surface area contributed by atoms with E-state index in [1.54, 1.807) is 0 Å². The van der Waals surface area contributed by atoms with E-state index in [4.69, 9.17) is 4.74 Å². The molecule has 1 unspecified atom stereocenters. The molecule has 0 saturated heterocycles. The summed E-state index contributed by atoms with van der Waals surface area (Å²) in [6.45, 7) is 0.825. The minimum atomic E-state index is 0.306. The Bertz CT molecular complexity index is 591. The maximum absolute atomic E-state index is 5.55. The quantitative estimate of drug-likeness (QED) is 0.906. The fourth-order valence-electron chi connectivity index (χ4n) is 2.76. The van der Waals surface area contributed by atoms with E-state index in [-0.39, 0.29) is 0 Å². The number of imidazole rings is 1. The van der Waals surface area contributed by atoms with Gasteiger partial charge in [-0.05, 0) is 37.1 Å². The standard InChI is InChI=1S/C16H21N3O/c1-17-14(15-10-19(2)11-18-15)5-3-12-4-6-16-13(9-12)7-8-20-16/h4,6,9-11,14,17H,3,5,7-8H2,1-2H3. The molecule has 106 valence electrons. The zero-order valence-corrected chi connectivity index (χ0v) is 12.1. The highest BCUT2D eigenvalue weighted by Crippen LogP contribution is 2.27. The molecule has 1 aromatic carbocycles. The van der Waals surface area contributed by atoms with Crippen molar-refractivity contribution in [3.05, 3.63) is 47.5 Å². The van der Waals surface area contributed by atoms with Crippen LogP contribution in [-0.4, -0.2) is 23.2 Å². The molecule has 3 rings (SSSR count). The van der Waals surface area contributed by atoms with Gasteiger partial charge >= 0.3 is 0 Å². The van der Waals surface area contributed by atoms with Crippen LogP contribution in [0.15, 0.2) is 30.7 Å². The van der Waals surface area contributed by atoms with E-state index in [1.807, 2.05) is 25.0 Å². The molecule has 1 aliphatic heterocycles. The fraction of sp³-hybridized carbons (Fsp3) is 0.438. The zero-order valence-electron chi connectivity index (χ0n) is 12.1. The van der Waals surface area contributed by atoms with Crippen molar-refractivity contribution in [3.63, 3.8) is 0 Å². The van der Waals surface area contributed by atoms with E-state index in [2.05, 4.69) is 34.7 Å². The van der Waals surface area contributed by atoms with Gasteiger partial charge < -0.3 is 14.6 Å². The van der Waals surface area contributed by atoms with Crippen molar-refractivity contribution in [2.75, 3.05) is 13.7 Å². The largest absolute Gasteiger partial charge is 0.493 e. The second-order valence-electron chi connectivity index (χ2n) is 5.38. The summed E-state index contributed by atoms with van der Waals surface area (Å²) in [4.78, 5) is 4.44. The summed E-state index contributed by atoms with van der Waals surface area (Å²) in [5.74, 6) is 1.06. The summed E-state index contributed by atoms with van der Waals surface area (Å²) in [7, 11) is 4.00. The normalized spacial score (nSPS) is 14.9. The van der Waals surface area contributed by atoms with E-state index in [0.29, 0.717) is 6.04 Å². The topological polar surface area (TPSA) is 39.1 Å². The highest BCUT2D eigenvalue weighted by molar-refractivity contribution is 5.39. The van der Waals surface area contributed by atoms with E-state index < -0.39 is 0 Å². The van der Waals surface area contributed by atoms with E-state index in [1.165, 1.54) is 11.1 Å². The van der Waals surface area contributed by atoms with Gasteiger partial charge in [-0.25, -0.2) is 4.98 Å². The molecular weight excluding hydrogens is 250 g/mol. The lowest BCUT2D eigenvalue weighted by Crippen LogP contribution is -2.17. The van der Waals surface area contributed by atoms with Gasteiger partial charge in [0.2, 0.25) is 0 Å². The fourth-order valence-corrected chi connectivity index (χ4v) is 2.76. The Morgan fingerprint density at radius 3 is 3.10 bits per heavy atom. The number of benzene rings is 1. The first-order valence-electron chi connectivity index (χ1n) is 7.16. The van der Waals surface area contributed by atoms with Crippen molar-refractivity contribution in [1.82, 2.24) is 14.9 Å². The SMILES string of the molecule is CNC(CCc1ccc2c(c1)CCO2)c1cn(C)cn1. The summed E-state index contributed by atoms with van der Waals surface area (Å²) >= 11 is 0. The highest BCUT2D eigenvalue weighted by Gasteiger charge is 2.14. The van der Waals surface area contributed by atoms with Gasteiger partial charge in [0.15, 0.2) is 0 Å². The molecule has 0 spiro atoms. The molecule has 2 aromatic rings. The number of nitrogens with one attached hydrogen (secondary N) is 1. The molecule has 1 aromatic heterocycles. The third-order valence-electron chi connectivity index (χ3n) is 3.91. The van der Waals surface area contributed by atoms with Crippen molar-refractivity contribution >= 4 is 0 Å². The van der Waals surface area contributed by atoms with E-state index in [9.17, 15) is 0 Å². The van der Waals surface area contributed by atoms with Gasteiger partial charge in [0.1, 0.15) is 5.75 Å². The van der Waals surface area contributed by atoms with Crippen LogP contribution in [0.1, 0.15) is 29.3 Å². The minimum Gasteiger partial charge on any atom is -0.493 e. The molecule has 0 amide bonds. The van der Waals surface area contributed by atoms with Crippen LogP contribution in [0.5, 0.6) is 5.75 Å². The minimum absolute atomic E-state index is 0.306. The summed E-state index contributed by atoms with van der Waals surface area (Å²) in [6, 6.07) is 6.87. The van der Waals surface area contributed by atoms with Gasteiger partial charge in [0.25, 0.3) is 0 Å².